The van der Waals surface area contributed by atoms with E-state index in [9.17, 15) is 0 Å². The number of rotatable bonds is 1. The van der Waals surface area contributed by atoms with E-state index in [0.717, 1.165) is 0 Å². The highest BCUT2D eigenvalue weighted by atomic mass is 79.9. The smallest absolute Gasteiger partial charge is 0.0354 e. The predicted octanol–water partition coefficient (Wildman–Crippen LogP) is 4.64. The van der Waals surface area contributed by atoms with E-state index in [0.29, 0.717) is 5.92 Å². The van der Waals surface area contributed by atoms with Crippen LogP contribution in [0.4, 0.5) is 0 Å². The number of aryl methyl sites for hydroxylation is 1. The second-order valence-corrected chi connectivity index (χ2v) is 4.84. The first kappa shape index (κ1) is 10.3. The Morgan fingerprint density at radius 2 is 1.67 bits per heavy atom. The average Bonchev–Trinajstić information content (AvgIpc) is 2.00. The van der Waals surface area contributed by atoms with Crippen molar-refractivity contribution in [2.24, 2.45) is 0 Å². The Hall–Kier alpha value is 0.180. The van der Waals surface area contributed by atoms with Crippen molar-refractivity contribution in [3.63, 3.8) is 0 Å². The number of benzene rings is 1. The lowest BCUT2D eigenvalue weighted by molar-refractivity contribution is 0.858. The Bertz CT molecular complexity index is 290. The molecule has 0 radical (unpaired) electrons. The van der Waals surface area contributed by atoms with Gasteiger partial charge in [-0.2, -0.15) is 0 Å². The SMILES string of the molecule is Cc1ccc(C(C)C)c(Br)c1Br. The van der Waals surface area contributed by atoms with E-state index >= 15 is 0 Å². The van der Waals surface area contributed by atoms with Gasteiger partial charge in [0.1, 0.15) is 0 Å². The Morgan fingerprint density at radius 1 is 1.08 bits per heavy atom. The molecule has 0 fully saturated rings. The molecule has 0 amide bonds. The maximum Gasteiger partial charge on any atom is 0.0354 e. The summed E-state index contributed by atoms with van der Waals surface area (Å²) in [6.07, 6.45) is 0. The molecule has 0 saturated heterocycles. The fourth-order valence-corrected chi connectivity index (χ4v) is 2.37. The third-order valence-corrected chi connectivity index (χ3v) is 4.34. The summed E-state index contributed by atoms with van der Waals surface area (Å²) in [6, 6.07) is 4.32. The summed E-state index contributed by atoms with van der Waals surface area (Å²) < 4.78 is 2.37. The first-order valence-corrected chi connectivity index (χ1v) is 5.57. The fraction of sp³-hybridized carbons (Fsp3) is 0.400. The molecule has 0 aliphatic rings. The quantitative estimate of drug-likeness (QED) is 0.707. The zero-order chi connectivity index (χ0) is 9.30. The molecule has 0 heterocycles. The summed E-state index contributed by atoms with van der Waals surface area (Å²) in [5.41, 5.74) is 2.62. The first-order chi connectivity index (χ1) is 5.54. The summed E-state index contributed by atoms with van der Waals surface area (Å²) in [6.45, 7) is 6.49. The van der Waals surface area contributed by atoms with Crippen molar-refractivity contribution < 1.29 is 0 Å². The van der Waals surface area contributed by atoms with Gasteiger partial charge in [-0.15, -0.1) is 0 Å². The Labute approximate surface area is 90.6 Å². The Balaban J connectivity index is 3.27. The van der Waals surface area contributed by atoms with E-state index in [2.05, 4.69) is 64.8 Å². The van der Waals surface area contributed by atoms with Crippen molar-refractivity contribution in [3.05, 3.63) is 32.2 Å². The van der Waals surface area contributed by atoms with Gasteiger partial charge in [-0.25, -0.2) is 0 Å². The Morgan fingerprint density at radius 3 is 2.17 bits per heavy atom. The minimum absolute atomic E-state index is 0.566. The molecule has 1 rings (SSSR count). The molecule has 0 bridgehead atoms. The molecular weight excluding hydrogens is 280 g/mol. The third-order valence-electron chi connectivity index (χ3n) is 1.93. The maximum absolute atomic E-state index is 3.58. The molecule has 1 aromatic carbocycles. The van der Waals surface area contributed by atoms with Gasteiger partial charge in [-0.05, 0) is 55.8 Å². The van der Waals surface area contributed by atoms with E-state index < -0.39 is 0 Å². The molecule has 0 nitrogen and oxygen atoms in total. The fourth-order valence-electron chi connectivity index (χ4n) is 1.11. The van der Waals surface area contributed by atoms with Crippen LogP contribution in [0.25, 0.3) is 0 Å². The van der Waals surface area contributed by atoms with Crippen LogP contribution in [0.15, 0.2) is 21.1 Å². The van der Waals surface area contributed by atoms with Gasteiger partial charge in [0.05, 0.1) is 0 Å². The molecule has 2 heteroatoms. The summed E-state index contributed by atoms with van der Waals surface area (Å²) in [5, 5.41) is 0. The van der Waals surface area contributed by atoms with Crippen LogP contribution in [-0.2, 0) is 0 Å². The van der Waals surface area contributed by atoms with Gasteiger partial charge in [0.2, 0.25) is 0 Å². The second-order valence-electron chi connectivity index (χ2n) is 3.25. The Kier molecular flexibility index (Phi) is 3.36. The van der Waals surface area contributed by atoms with Crippen molar-refractivity contribution >= 4 is 31.9 Å². The largest absolute Gasteiger partial charge is 0.0586 e. The lowest BCUT2D eigenvalue weighted by Crippen LogP contribution is -1.91. The summed E-state index contributed by atoms with van der Waals surface area (Å²) in [4.78, 5) is 0. The minimum atomic E-state index is 0.566. The van der Waals surface area contributed by atoms with Gasteiger partial charge < -0.3 is 0 Å². The topological polar surface area (TPSA) is 0 Å². The molecule has 1 aromatic rings. The molecule has 66 valence electrons. The van der Waals surface area contributed by atoms with Gasteiger partial charge in [0.25, 0.3) is 0 Å². The third kappa shape index (κ3) is 1.91. The highest BCUT2D eigenvalue weighted by Gasteiger charge is 2.08. The standard InChI is InChI=1S/C10H12Br2/c1-6(2)8-5-4-7(3)9(11)10(8)12/h4-6H,1-3H3. The summed E-state index contributed by atoms with van der Waals surface area (Å²) in [5.74, 6) is 0.566. The number of hydrogen-bond donors (Lipinski definition) is 0. The normalized spacial score (nSPS) is 10.8. The van der Waals surface area contributed by atoms with Gasteiger partial charge in [-0.3, -0.25) is 0 Å². The van der Waals surface area contributed by atoms with Crippen molar-refractivity contribution in [2.75, 3.05) is 0 Å². The molecule has 12 heavy (non-hydrogen) atoms. The van der Waals surface area contributed by atoms with Crippen molar-refractivity contribution in [1.82, 2.24) is 0 Å². The highest BCUT2D eigenvalue weighted by Crippen LogP contribution is 2.33. The van der Waals surface area contributed by atoms with Crippen LogP contribution in [0.3, 0.4) is 0 Å². The molecular formula is C10H12Br2. The van der Waals surface area contributed by atoms with Crippen LogP contribution in [0.2, 0.25) is 0 Å². The van der Waals surface area contributed by atoms with Crippen molar-refractivity contribution in [3.8, 4) is 0 Å². The molecule has 0 spiro atoms. The molecule has 0 unspecified atom stereocenters. The predicted molar refractivity (Wildman–Crippen MR) is 60.7 cm³/mol. The maximum atomic E-state index is 3.58. The molecule has 0 aliphatic carbocycles. The molecule has 0 aromatic heterocycles. The van der Waals surface area contributed by atoms with Crippen LogP contribution >= 0.6 is 31.9 Å². The average molecular weight is 292 g/mol. The van der Waals surface area contributed by atoms with E-state index in [4.69, 9.17) is 0 Å². The van der Waals surface area contributed by atoms with E-state index in [1.807, 2.05) is 0 Å². The lowest BCUT2D eigenvalue weighted by atomic mass is 10.0. The van der Waals surface area contributed by atoms with E-state index in [1.165, 1.54) is 20.1 Å². The van der Waals surface area contributed by atoms with E-state index in [-0.39, 0.29) is 0 Å². The van der Waals surface area contributed by atoms with Crippen LogP contribution < -0.4 is 0 Å². The summed E-state index contributed by atoms with van der Waals surface area (Å²) in [7, 11) is 0. The van der Waals surface area contributed by atoms with Crippen molar-refractivity contribution in [1.29, 1.82) is 0 Å². The van der Waals surface area contributed by atoms with Crippen LogP contribution in [-0.4, -0.2) is 0 Å². The summed E-state index contributed by atoms with van der Waals surface area (Å²) >= 11 is 7.14. The zero-order valence-electron chi connectivity index (χ0n) is 7.49. The lowest BCUT2D eigenvalue weighted by Gasteiger charge is -2.11. The number of hydrogen-bond acceptors (Lipinski definition) is 0. The van der Waals surface area contributed by atoms with Gasteiger partial charge in [0.15, 0.2) is 0 Å². The zero-order valence-corrected chi connectivity index (χ0v) is 10.7. The van der Waals surface area contributed by atoms with Crippen LogP contribution in [0.5, 0.6) is 0 Å². The van der Waals surface area contributed by atoms with Gasteiger partial charge in [0, 0.05) is 8.95 Å². The molecule has 0 saturated carbocycles. The van der Waals surface area contributed by atoms with Crippen LogP contribution in [0, 0.1) is 6.92 Å². The van der Waals surface area contributed by atoms with Crippen LogP contribution in [0.1, 0.15) is 30.9 Å². The second kappa shape index (κ2) is 3.93. The van der Waals surface area contributed by atoms with Gasteiger partial charge >= 0.3 is 0 Å². The van der Waals surface area contributed by atoms with Crippen molar-refractivity contribution in [2.45, 2.75) is 26.7 Å². The monoisotopic (exact) mass is 290 g/mol. The first-order valence-electron chi connectivity index (χ1n) is 3.98. The highest BCUT2D eigenvalue weighted by molar-refractivity contribution is 9.13. The minimum Gasteiger partial charge on any atom is -0.0586 e. The number of halogens is 2. The molecule has 0 aliphatic heterocycles. The molecule has 0 atom stereocenters. The molecule has 0 N–H and O–H groups in total. The van der Waals surface area contributed by atoms with Gasteiger partial charge in [-0.1, -0.05) is 26.0 Å². The van der Waals surface area contributed by atoms with E-state index in [1.54, 1.807) is 0 Å².